The van der Waals surface area contributed by atoms with E-state index in [1.165, 1.54) is 0 Å². The number of aryl methyl sites for hydroxylation is 1. The molecular formula is C22H34IN7O2. The first-order valence-corrected chi connectivity index (χ1v) is 11.1. The first-order valence-electron chi connectivity index (χ1n) is 11.1. The van der Waals surface area contributed by atoms with Crippen LogP contribution < -0.4 is 10.2 Å². The molecule has 0 aromatic carbocycles. The third kappa shape index (κ3) is 6.32. The Hall–Kier alpha value is -1.92. The molecule has 32 heavy (non-hydrogen) atoms. The molecule has 2 aromatic rings. The highest BCUT2D eigenvalue weighted by atomic mass is 127. The lowest BCUT2D eigenvalue weighted by Crippen LogP contribution is -2.48. The molecule has 2 aliphatic heterocycles. The van der Waals surface area contributed by atoms with E-state index in [4.69, 9.17) is 14.5 Å². The van der Waals surface area contributed by atoms with Crippen molar-refractivity contribution in [1.29, 1.82) is 0 Å². The summed E-state index contributed by atoms with van der Waals surface area (Å²) in [5.41, 5.74) is 2.25. The molecule has 0 saturated carbocycles. The van der Waals surface area contributed by atoms with Crippen LogP contribution in [0.15, 0.2) is 35.7 Å². The molecule has 0 spiro atoms. The fraction of sp³-hybridized carbons (Fsp3) is 0.591. The third-order valence-corrected chi connectivity index (χ3v) is 5.58. The monoisotopic (exact) mass is 555 g/mol. The Morgan fingerprint density at radius 3 is 2.84 bits per heavy atom. The van der Waals surface area contributed by atoms with E-state index >= 15 is 0 Å². The number of anilines is 1. The molecule has 176 valence electrons. The van der Waals surface area contributed by atoms with Gasteiger partial charge in [-0.05, 0) is 31.5 Å². The van der Waals surface area contributed by atoms with Gasteiger partial charge in [0.15, 0.2) is 5.96 Å². The van der Waals surface area contributed by atoms with Crippen molar-refractivity contribution in [3.63, 3.8) is 0 Å². The summed E-state index contributed by atoms with van der Waals surface area (Å²) in [6, 6.07) is 4.18. The first kappa shape index (κ1) is 24.7. The fourth-order valence-corrected chi connectivity index (χ4v) is 4.00. The highest BCUT2D eigenvalue weighted by molar-refractivity contribution is 14.0. The number of guanidine groups is 1. The number of rotatable bonds is 5. The van der Waals surface area contributed by atoms with Gasteiger partial charge in [-0.15, -0.1) is 24.0 Å². The van der Waals surface area contributed by atoms with Crippen molar-refractivity contribution in [3.05, 3.63) is 41.9 Å². The number of morpholine rings is 2. The van der Waals surface area contributed by atoms with Crippen LogP contribution in [0.3, 0.4) is 0 Å². The van der Waals surface area contributed by atoms with Gasteiger partial charge < -0.3 is 24.6 Å². The lowest BCUT2D eigenvalue weighted by atomic mass is 10.1. The van der Waals surface area contributed by atoms with Gasteiger partial charge in [-0.1, -0.05) is 0 Å². The molecule has 1 N–H and O–H groups in total. The van der Waals surface area contributed by atoms with Gasteiger partial charge in [0.25, 0.3) is 0 Å². The van der Waals surface area contributed by atoms with E-state index in [2.05, 4.69) is 45.1 Å². The van der Waals surface area contributed by atoms with Gasteiger partial charge >= 0.3 is 0 Å². The van der Waals surface area contributed by atoms with Crippen LogP contribution in [0.2, 0.25) is 0 Å². The number of aromatic nitrogens is 3. The lowest BCUT2D eigenvalue weighted by Gasteiger charge is -2.34. The molecule has 0 bridgehead atoms. The van der Waals surface area contributed by atoms with Gasteiger partial charge in [0.2, 0.25) is 0 Å². The third-order valence-electron chi connectivity index (χ3n) is 5.58. The van der Waals surface area contributed by atoms with E-state index in [0.29, 0.717) is 13.2 Å². The van der Waals surface area contributed by atoms with E-state index in [0.717, 1.165) is 62.2 Å². The average molecular weight is 555 g/mol. The Morgan fingerprint density at radius 2 is 2.09 bits per heavy atom. The maximum atomic E-state index is 5.99. The summed E-state index contributed by atoms with van der Waals surface area (Å²) in [5.74, 6) is 1.91. The number of aliphatic imine (C=N–C) groups is 1. The molecule has 4 rings (SSSR count). The van der Waals surface area contributed by atoms with Crippen LogP contribution >= 0.6 is 24.0 Å². The van der Waals surface area contributed by atoms with E-state index in [-0.39, 0.29) is 36.2 Å². The van der Waals surface area contributed by atoms with Crippen LogP contribution in [0.4, 0.5) is 5.82 Å². The number of halogens is 1. The van der Waals surface area contributed by atoms with Crippen molar-refractivity contribution >= 4 is 35.8 Å². The maximum Gasteiger partial charge on any atom is 0.194 e. The van der Waals surface area contributed by atoms with Crippen molar-refractivity contribution in [2.45, 2.75) is 32.6 Å². The standard InChI is InChI=1S/C22H33N7O2.HI/c1-4-23-22(29-8-10-31-20(16-29)19-13-26-27(3)15-19)25-12-18-5-6-24-21(11-18)28-7-9-30-17(2)14-28;/h5-6,11,13,15,17,20H,4,7-10,12,14,16H2,1-3H3,(H,23,25);1H. The zero-order valence-corrected chi connectivity index (χ0v) is 21.4. The van der Waals surface area contributed by atoms with Crippen LogP contribution in [0, 0.1) is 0 Å². The normalized spacial score (nSPS) is 21.9. The molecule has 2 saturated heterocycles. The minimum atomic E-state index is 0. The second kappa shape index (κ2) is 11.8. The molecule has 4 heterocycles. The van der Waals surface area contributed by atoms with E-state index in [1.54, 1.807) is 0 Å². The number of nitrogens with zero attached hydrogens (tertiary/aromatic N) is 6. The minimum Gasteiger partial charge on any atom is -0.375 e. The fourth-order valence-electron chi connectivity index (χ4n) is 4.00. The Labute approximate surface area is 207 Å². The molecule has 2 unspecified atom stereocenters. The number of hydrogen-bond donors (Lipinski definition) is 1. The molecule has 0 radical (unpaired) electrons. The molecular weight excluding hydrogens is 521 g/mol. The molecule has 2 atom stereocenters. The number of hydrogen-bond acceptors (Lipinski definition) is 6. The highest BCUT2D eigenvalue weighted by Crippen LogP contribution is 2.22. The predicted molar refractivity (Wildman–Crippen MR) is 136 cm³/mol. The Kier molecular flexibility index (Phi) is 9.11. The first-order chi connectivity index (χ1) is 15.1. The second-order valence-electron chi connectivity index (χ2n) is 8.07. The number of nitrogens with one attached hydrogen (secondary N) is 1. The van der Waals surface area contributed by atoms with Gasteiger partial charge in [0, 0.05) is 51.2 Å². The largest absolute Gasteiger partial charge is 0.375 e. The van der Waals surface area contributed by atoms with Crippen LogP contribution in [0.5, 0.6) is 0 Å². The van der Waals surface area contributed by atoms with Gasteiger partial charge in [0.05, 0.1) is 38.6 Å². The minimum absolute atomic E-state index is 0. The predicted octanol–water partition coefficient (Wildman–Crippen LogP) is 2.20. The number of ether oxygens (including phenoxy) is 2. The Morgan fingerprint density at radius 1 is 1.25 bits per heavy atom. The molecule has 2 fully saturated rings. The van der Waals surface area contributed by atoms with Crippen LogP contribution in [-0.4, -0.2) is 77.7 Å². The highest BCUT2D eigenvalue weighted by Gasteiger charge is 2.25. The maximum absolute atomic E-state index is 5.99. The van der Waals surface area contributed by atoms with Crippen LogP contribution in [-0.2, 0) is 23.1 Å². The molecule has 9 nitrogen and oxygen atoms in total. The number of pyridine rings is 1. The summed E-state index contributed by atoms with van der Waals surface area (Å²) in [6.07, 6.45) is 6.00. The van der Waals surface area contributed by atoms with Crippen molar-refractivity contribution in [2.24, 2.45) is 12.0 Å². The second-order valence-corrected chi connectivity index (χ2v) is 8.07. The summed E-state index contributed by atoms with van der Waals surface area (Å²) in [7, 11) is 1.93. The quantitative estimate of drug-likeness (QED) is 0.344. The SMILES string of the molecule is CCNC(=NCc1ccnc(N2CCOC(C)C2)c1)N1CCOC(c2cnn(C)c2)C1.I. The molecule has 2 aromatic heterocycles. The zero-order valence-electron chi connectivity index (χ0n) is 19.1. The molecule has 0 amide bonds. The Bertz CT molecular complexity index is 891. The van der Waals surface area contributed by atoms with Gasteiger partial charge in [-0.3, -0.25) is 4.68 Å². The summed E-state index contributed by atoms with van der Waals surface area (Å²) >= 11 is 0. The van der Waals surface area contributed by atoms with E-state index < -0.39 is 0 Å². The van der Waals surface area contributed by atoms with Crippen molar-refractivity contribution in [1.82, 2.24) is 25.0 Å². The molecule has 10 heteroatoms. The topological polar surface area (TPSA) is 80.0 Å². The van der Waals surface area contributed by atoms with E-state index in [9.17, 15) is 0 Å². The van der Waals surface area contributed by atoms with Crippen LogP contribution in [0.1, 0.15) is 31.1 Å². The summed E-state index contributed by atoms with van der Waals surface area (Å²) in [6.45, 7) is 10.3. The zero-order chi connectivity index (χ0) is 21.6. The van der Waals surface area contributed by atoms with Crippen LogP contribution in [0.25, 0.3) is 0 Å². The summed E-state index contributed by atoms with van der Waals surface area (Å²) in [4.78, 5) is 14.1. The smallest absolute Gasteiger partial charge is 0.194 e. The van der Waals surface area contributed by atoms with Gasteiger partial charge in [-0.2, -0.15) is 5.10 Å². The van der Waals surface area contributed by atoms with E-state index in [1.807, 2.05) is 36.4 Å². The molecule has 2 aliphatic rings. The summed E-state index contributed by atoms with van der Waals surface area (Å²) in [5, 5.41) is 7.72. The summed E-state index contributed by atoms with van der Waals surface area (Å²) < 4.78 is 13.5. The van der Waals surface area contributed by atoms with Gasteiger partial charge in [0.1, 0.15) is 11.9 Å². The average Bonchev–Trinajstić information content (AvgIpc) is 3.23. The van der Waals surface area contributed by atoms with Gasteiger partial charge in [-0.25, -0.2) is 9.98 Å². The van der Waals surface area contributed by atoms with Crippen molar-refractivity contribution < 1.29 is 9.47 Å². The Balaban J connectivity index is 0.00000289. The van der Waals surface area contributed by atoms with Crippen molar-refractivity contribution in [2.75, 3.05) is 50.8 Å². The lowest BCUT2D eigenvalue weighted by molar-refractivity contribution is -0.00805. The molecule has 0 aliphatic carbocycles. The van der Waals surface area contributed by atoms with Crippen molar-refractivity contribution in [3.8, 4) is 0 Å².